The highest BCUT2D eigenvalue weighted by Gasteiger charge is 2.22. The second kappa shape index (κ2) is 7.61. The van der Waals surface area contributed by atoms with Gasteiger partial charge in [0.2, 0.25) is 5.91 Å². The molecule has 1 heterocycles. The lowest BCUT2D eigenvalue weighted by atomic mass is 10.2. The van der Waals surface area contributed by atoms with E-state index in [4.69, 9.17) is 0 Å². The molecule has 3 N–H and O–H groups in total. The van der Waals surface area contributed by atoms with Crippen LogP contribution in [0.1, 0.15) is 43.1 Å². The van der Waals surface area contributed by atoms with Gasteiger partial charge in [-0.3, -0.25) is 9.59 Å². The zero-order valence-electron chi connectivity index (χ0n) is 12.3. The van der Waals surface area contributed by atoms with Crippen LogP contribution in [0.4, 0.5) is 5.69 Å². The average molecular weight is 290 g/mol. The number of aromatic nitrogens is 1. The largest absolute Gasteiger partial charge is 0.384 e. The van der Waals surface area contributed by atoms with Crippen molar-refractivity contribution in [1.82, 2.24) is 15.6 Å². The van der Waals surface area contributed by atoms with Gasteiger partial charge in [0, 0.05) is 25.6 Å². The van der Waals surface area contributed by atoms with E-state index in [1.807, 2.05) is 13.0 Å². The third-order valence-corrected chi connectivity index (χ3v) is 3.19. The highest BCUT2D eigenvalue weighted by molar-refractivity contribution is 5.92. The Hall–Kier alpha value is -2.11. The van der Waals surface area contributed by atoms with Crippen molar-refractivity contribution in [3.8, 4) is 0 Å². The molecule has 0 aliphatic heterocycles. The number of pyridine rings is 1. The molecule has 6 nitrogen and oxygen atoms in total. The van der Waals surface area contributed by atoms with Gasteiger partial charge in [-0.05, 0) is 38.3 Å². The van der Waals surface area contributed by atoms with Gasteiger partial charge in [-0.1, -0.05) is 0 Å². The Morgan fingerprint density at radius 3 is 2.76 bits per heavy atom. The van der Waals surface area contributed by atoms with Crippen molar-refractivity contribution in [2.75, 3.05) is 18.4 Å². The smallest absolute Gasteiger partial charge is 0.269 e. The molecule has 21 heavy (non-hydrogen) atoms. The SMILES string of the molecule is CCNc1ccc(C(=O)NCCCC(=O)NC2CC2)nc1. The monoisotopic (exact) mass is 290 g/mol. The molecular formula is C15H22N4O2. The van der Waals surface area contributed by atoms with Crippen molar-refractivity contribution in [3.05, 3.63) is 24.0 Å². The summed E-state index contributed by atoms with van der Waals surface area (Å²) in [5, 5.41) is 8.81. The summed E-state index contributed by atoms with van der Waals surface area (Å²) in [6, 6.07) is 3.91. The molecule has 0 radical (unpaired) electrons. The number of hydrogen-bond acceptors (Lipinski definition) is 4. The lowest BCUT2D eigenvalue weighted by Gasteiger charge is -2.06. The van der Waals surface area contributed by atoms with Crippen molar-refractivity contribution in [3.63, 3.8) is 0 Å². The molecule has 1 aromatic heterocycles. The predicted octanol–water partition coefficient (Wildman–Crippen LogP) is 1.30. The summed E-state index contributed by atoms with van der Waals surface area (Å²) >= 11 is 0. The summed E-state index contributed by atoms with van der Waals surface area (Å²) in [7, 11) is 0. The minimum absolute atomic E-state index is 0.0693. The Bertz CT molecular complexity index is 483. The van der Waals surface area contributed by atoms with Gasteiger partial charge >= 0.3 is 0 Å². The summed E-state index contributed by atoms with van der Waals surface area (Å²) in [6.45, 7) is 3.30. The third kappa shape index (κ3) is 5.41. The van der Waals surface area contributed by atoms with Crippen LogP contribution in [-0.4, -0.2) is 35.9 Å². The van der Waals surface area contributed by atoms with Gasteiger partial charge in [-0.15, -0.1) is 0 Å². The summed E-state index contributed by atoms with van der Waals surface area (Å²) < 4.78 is 0. The maximum Gasteiger partial charge on any atom is 0.269 e. The Morgan fingerprint density at radius 1 is 1.33 bits per heavy atom. The van der Waals surface area contributed by atoms with Crippen LogP contribution in [0.2, 0.25) is 0 Å². The van der Waals surface area contributed by atoms with E-state index in [2.05, 4.69) is 20.9 Å². The normalized spacial score (nSPS) is 13.6. The summed E-state index contributed by atoms with van der Waals surface area (Å²) in [5.74, 6) is -0.138. The summed E-state index contributed by atoms with van der Waals surface area (Å²) in [5.41, 5.74) is 1.28. The van der Waals surface area contributed by atoms with Crippen LogP contribution in [0.15, 0.2) is 18.3 Å². The van der Waals surface area contributed by atoms with Crippen molar-refractivity contribution in [1.29, 1.82) is 0 Å². The van der Waals surface area contributed by atoms with Gasteiger partial charge in [0.15, 0.2) is 0 Å². The van der Waals surface area contributed by atoms with E-state index in [-0.39, 0.29) is 11.8 Å². The predicted molar refractivity (Wildman–Crippen MR) is 81.1 cm³/mol. The molecular weight excluding hydrogens is 268 g/mol. The maximum atomic E-state index is 11.9. The quantitative estimate of drug-likeness (QED) is 0.630. The van der Waals surface area contributed by atoms with Crippen LogP contribution in [-0.2, 0) is 4.79 Å². The molecule has 1 aliphatic carbocycles. The highest BCUT2D eigenvalue weighted by Crippen LogP contribution is 2.18. The molecule has 114 valence electrons. The number of nitrogens with zero attached hydrogens (tertiary/aromatic N) is 1. The average Bonchev–Trinajstić information content (AvgIpc) is 3.28. The first-order chi connectivity index (χ1) is 10.2. The Kier molecular flexibility index (Phi) is 5.54. The fourth-order valence-corrected chi connectivity index (χ4v) is 1.91. The summed E-state index contributed by atoms with van der Waals surface area (Å²) in [4.78, 5) is 27.4. The molecule has 0 spiro atoms. The number of rotatable bonds is 8. The Morgan fingerprint density at radius 2 is 2.14 bits per heavy atom. The van der Waals surface area contributed by atoms with E-state index in [1.54, 1.807) is 12.3 Å². The molecule has 0 saturated heterocycles. The standard InChI is InChI=1S/C15H22N4O2/c1-2-16-12-7-8-13(18-10-12)15(21)17-9-3-4-14(20)19-11-5-6-11/h7-8,10-11,16H,2-6,9H2,1H3,(H,17,21)(H,19,20). The zero-order chi connectivity index (χ0) is 15.1. The van der Waals surface area contributed by atoms with Crippen LogP contribution < -0.4 is 16.0 Å². The van der Waals surface area contributed by atoms with E-state index in [0.717, 1.165) is 25.1 Å². The minimum Gasteiger partial charge on any atom is -0.384 e. The summed E-state index contributed by atoms with van der Waals surface area (Å²) in [6.07, 6.45) is 4.92. The van der Waals surface area contributed by atoms with Gasteiger partial charge in [-0.2, -0.15) is 0 Å². The van der Waals surface area contributed by atoms with E-state index in [0.29, 0.717) is 31.1 Å². The van der Waals surface area contributed by atoms with Crippen LogP contribution in [0.3, 0.4) is 0 Å². The fourth-order valence-electron chi connectivity index (χ4n) is 1.91. The molecule has 6 heteroatoms. The lowest BCUT2D eigenvalue weighted by molar-refractivity contribution is -0.121. The number of carbonyl (C=O) groups is 2. The van der Waals surface area contributed by atoms with Crippen molar-refractivity contribution < 1.29 is 9.59 Å². The van der Waals surface area contributed by atoms with Gasteiger partial charge in [0.05, 0.1) is 11.9 Å². The van der Waals surface area contributed by atoms with E-state index >= 15 is 0 Å². The fraction of sp³-hybridized carbons (Fsp3) is 0.533. The lowest BCUT2D eigenvalue weighted by Crippen LogP contribution is -2.28. The first-order valence-corrected chi connectivity index (χ1v) is 7.46. The number of anilines is 1. The van der Waals surface area contributed by atoms with Crippen LogP contribution in [0.25, 0.3) is 0 Å². The zero-order valence-corrected chi connectivity index (χ0v) is 12.3. The maximum absolute atomic E-state index is 11.9. The molecule has 0 unspecified atom stereocenters. The number of nitrogens with one attached hydrogen (secondary N) is 3. The first kappa shape index (κ1) is 15.3. The van der Waals surface area contributed by atoms with Gasteiger partial charge in [-0.25, -0.2) is 4.98 Å². The van der Waals surface area contributed by atoms with E-state index < -0.39 is 0 Å². The third-order valence-electron chi connectivity index (χ3n) is 3.19. The molecule has 0 aromatic carbocycles. The van der Waals surface area contributed by atoms with Crippen molar-refractivity contribution >= 4 is 17.5 Å². The van der Waals surface area contributed by atoms with E-state index in [9.17, 15) is 9.59 Å². The Labute approximate surface area is 124 Å². The molecule has 1 aromatic rings. The molecule has 0 atom stereocenters. The molecule has 1 saturated carbocycles. The van der Waals surface area contributed by atoms with Crippen molar-refractivity contribution in [2.24, 2.45) is 0 Å². The molecule has 1 aliphatic rings. The second-order valence-electron chi connectivity index (χ2n) is 5.16. The minimum atomic E-state index is -0.208. The van der Waals surface area contributed by atoms with Gasteiger partial charge in [0.25, 0.3) is 5.91 Å². The molecule has 0 bridgehead atoms. The van der Waals surface area contributed by atoms with Gasteiger partial charge < -0.3 is 16.0 Å². The van der Waals surface area contributed by atoms with Crippen molar-refractivity contribution in [2.45, 2.75) is 38.6 Å². The number of amides is 2. The molecule has 1 fully saturated rings. The number of hydrogen-bond donors (Lipinski definition) is 3. The number of carbonyl (C=O) groups excluding carboxylic acids is 2. The van der Waals surface area contributed by atoms with Gasteiger partial charge in [0.1, 0.15) is 5.69 Å². The first-order valence-electron chi connectivity index (χ1n) is 7.46. The van der Waals surface area contributed by atoms with Crippen LogP contribution in [0, 0.1) is 0 Å². The second-order valence-corrected chi connectivity index (χ2v) is 5.16. The highest BCUT2D eigenvalue weighted by atomic mass is 16.2. The van der Waals surface area contributed by atoms with E-state index in [1.165, 1.54) is 0 Å². The van der Waals surface area contributed by atoms with Crippen LogP contribution >= 0.6 is 0 Å². The van der Waals surface area contributed by atoms with Crippen LogP contribution in [0.5, 0.6) is 0 Å². The molecule has 2 amide bonds. The topological polar surface area (TPSA) is 83.1 Å². The molecule has 2 rings (SSSR count). The Balaban J connectivity index is 1.65.